The Hall–Kier alpha value is -2.38. The second kappa shape index (κ2) is 7.25. The van der Waals surface area contributed by atoms with E-state index in [0.29, 0.717) is 0 Å². The van der Waals surface area contributed by atoms with Crippen molar-refractivity contribution in [1.82, 2.24) is 4.90 Å². The predicted molar refractivity (Wildman–Crippen MR) is 90.5 cm³/mol. The molecule has 7 heteroatoms. The van der Waals surface area contributed by atoms with Gasteiger partial charge in [-0.3, -0.25) is 4.90 Å². The molecule has 0 spiro atoms. The lowest BCUT2D eigenvalue weighted by Crippen LogP contribution is -2.42. The van der Waals surface area contributed by atoms with E-state index >= 15 is 0 Å². The first-order chi connectivity index (χ1) is 11.9. The van der Waals surface area contributed by atoms with Crippen molar-refractivity contribution < 1.29 is 23.8 Å². The molecule has 0 aliphatic carbocycles. The summed E-state index contributed by atoms with van der Waals surface area (Å²) in [5.41, 5.74) is 1.74. The molecule has 2 heterocycles. The van der Waals surface area contributed by atoms with Gasteiger partial charge < -0.3 is 19.5 Å². The molecule has 0 bridgehead atoms. The first kappa shape index (κ1) is 17.4. The lowest BCUT2D eigenvalue weighted by atomic mass is 10.1. The van der Waals surface area contributed by atoms with Gasteiger partial charge >= 0.3 is 11.9 Å². The lowest BCUT2D eigenvalue weighted by molar-refractivity contribution is -0.222. The molecule has 25 heavy (non-hydrogen) atoms. The Morgan fingerprint density at radius 3 is 2.44 bits per heavy atom. The van der Waals surface area contributed by atoms with Crippen molar-refractivity contribution in [3.8, 4) is 0 Å². The maximum absolute atomic E-state index is 12.0. The number of cyclic esters (lactones) is 2. The second-order valence-corrected chi connectivity index (χ2v) is 6.43. The van der Waals surface area contributed by atoms with Crippen LogP contribution >= 0.6 is 0 Å². The van der Waals surface area contributed by atoms with E-state index in [4.69, 9.17) is 14.2 Å². The Kier molecular flexibility index (Phi) is 5.06. The van der Waals surface area contributed by atoms with Gasteiger partial charge in [0, 0.05) is 45.4 Å². The van der Waals surface area contributed by atoms with Gasteiger partial charge in [0.2, 0.25) is 0 Å². The third kappa shape index (κ3) is 4.37. The van der Waals surface area contributed by atoms with Crippen LogP contribution in [0.4, 0.5) is 5.69 Å². The average molecular weight is 346 g/mol. The zero-order chi connectivity index (χ0) is 17.9. The maximum atomic E-state index is 12.0. The summed E-state index contributed by atoms with van der Waals surface area (Å²) in [5.74, 6) is -2.63. The first-order valence-corrected chi connectivity index (χ1v) is 8.26. The number of anilines is 1. The number of carbonyl (C=O) groups excluding carboxylic acids is 2. The van der Waals surface area contributed by atoms with E-state index in [2.05, 4.69) is 10.2 Å². The average Bonchev–Trinajstić information content (AvgIpc) is 2.55. The SMILES string of the molecule is CC1(C)OC(=O)C(=CNc2ccccc2CN2CCOCC2)C(=O)O1. The van der Waals surface area contributed by atoms with Crippen LogP contribution < -0.4 is 5.32 Å². The molecule has 134 valence electrons. The van der Waals surface area contributed by atoms with Crippen LogP contribution in [0.2, 0.25) is 0 Å². The fraction of sp³-hybridized carbons (Fsp3) is 0.444. The van der Waals surface area contributed by atoms with Crippen molar-refractivity contribution in [1.29, 1.82) is 0 Å². The highest BCUT2D eigenvalue weighted by Crippen LogP contribution is 2.23. The quantitative estimate of drug-likeness (QED) is 0.505. The minimum atomic E-state index is -1.24. The van der Waals surface area contributed by atoms with Crippen molar-refractivity contribution in [3.05, 3.63) is 41.6 Å². The highest BCUT2D eigenvalue weighted by atomic mass is 16.7. The largest absolute Gasteiger partial charge is 0.419 e. The highest BCUT2D eigenvalue weighted by Gasteiger charge is 2.38. The molecule has 0 radical (unpaired) electrons. The minimum absolute atomic E-state index is 0.152. The lowest BCUT2D eigenvalue weighted by Gasteiger charge is -2.30. The number of nitrogens with zero attached hydrogens (tertiary/aromatic N) is 1. The van der Waals surface area contributed by atoms with Crippen LogP contribution in [0.15, 0.2) is 36.0 Å². The second-order valence-electron chi connectivity index (χ2n) is 6.43. The van der Waals surface area contributed by atoms with Gasteiger partial charge in [0.05, 0.1) is 13.2 Å². The molecule has 0 atom stereocenters. The predicted octanol–water partition coefficient (Wildman–Crippen LogP) is 1.65. The van der Waals surface area contributed by atoms with E-state index in [1.807, 2.05) is 24.3 Å². The van der Waals surface area contributed by atoms with Gasteiger partial charge in [0.15, 0.2) is 5.57 Å². The summed E-state index contributed by atoms with van der Waals surface area (Å²) < 4.78 is 15.5. The van der Waals surface area contributed by atoms with Gasteiger partial charge in [-0.15, -0.1) is 0 Å². The Labute approximate surface area is 146 Å². The number of rotatable bonds is 4. The van der Waals surface area contributed by atoms with E-state index in [9.17, 15) is 9.59 Å². The van der Waals surface area contributed by atoms with Crippen molar-refractivity contribution in [3.63, 3.8) is 0 Å². The number of ether oxygens (including phenoxy) is 3. The molecule has 2 fully saturated rings. The van der Waals surface area contributed by atoms with Gasteiger partial charge in [0.1, 0.15) is 0 Å². The molecule has 1 N–H and O–H groups in total. The van der Waals surface area contributed by atoms with Crippen molar-refractivity contribution in [2.45, 2.75) is 26.2 Å². The molecule has 1 aromatic carbocycles. The first-order valence-electron chi connectivity index (χ1n) is 8.26. The standard InChI is InChI=1S/C18H22N2O5/c1-18(2)24-16(21)14(17(22)25-18)11-19-15-6-4-3-5-13(15)12-20-7-9-23-10-8-20/h3-6,11,19H,7-10,12H2,1-2H3. The van der Waals surface area contributed by atoms with Gasteiger partial charge in [-0.05, 0) is 11.6 Å². The molecule has 2 aliphatic rings. The van der Waals surface area contributed by atoms with Gasteiger partial charge in [-0.25, -0.2) is 9.59 Å². The molecule has 0 amide bonds. The molecule has 2 aliphatic heterocycles. The number of para-hydroxylation sites is 1. The summed E-state index contributed by atoms with van der Waals surface area (Å²) in [6.45, 7) is 7.01. The Morgan fingerprint density at radius 2 is 1.76 bits per heavy atom. The fourth-order valence-electron chi connectivity index (χ4n) is 2.73. The van der Waals surface area contributed by atoms with Crippen LogP contribution in [-0.2, 0) is 30.3 Å². The summed E-state index contributed by atoms with van der Waals surface area (Å²) in [5, 5.41) is 3.04. The maximum Gasteiger partial charge on any atom is 0.350 e. The molecule has 1 aromatic rings. The summed E-state index contributed by atoms with van der Waals surface area (Å²) >= 11 is 0. The molecule has 3 rings (SSSR count). The molecule has 0 aromatic heterocycles. The zero-order valence-electron chi connectivity index (χ0n) is 14.4. The number of hydrogen-bond acceptors (Lipinski definition) is 7. The van der Waals surface area contributed by atoms with Crippen LogP contribution in [0, 0.1) is 0 Å². The van der Waals surface area contributed by atoms with Gasteiger partial charge in [0.25, 0.3) is 5.79 Å². The van der Waals surface area contributed by atoms with Crippen LogP contribution in [0.5, 0.6) is 0 Å². The molecule has 0 saturated carbocycles. The number of morpholine rings is 1. The molecule has 0 unspecified atom stereocenters. The third-order valence-corrected chi connectivity index (χ3v) is 4.00. The van der Waals surface area contributed by atoms with E-state index < -0.39 is 17.7 Å². The summed E-state index contributed by atoms with van der Waals surface area (Å²) in [4.78, 5) is 26.3. The summed E-state index contributed by atoms with van der Waals surface area (Å²) in [7, 11) is 0. The van der Waals surface area contributed by atoms with Crippen LogP contribution in [-0.4, -0.2) is 48.9 Å². The molecule has 7 nitrogen and oxygen atoms in total. The number of nitrogens with one attached hydrogen (secondary N) is 1. The Morgan fingerprint density at radius 1 is 1.12 bits per heavy atom. The smallest absolute Gasteiger partial charge is 0.350 e. The normalized spacial score (nSPS) is 20.6. The highest BCUT2D eigenvalue weighted by molar-refractivity contribution is 6.15. The molecular weight excluding hydrogens is 324 g/mol. The topological polar surface area (TPSA) is 77.1 Å². The van der Waals surface area contributed by atoms with E-state index in [1.165, 1.54) is 20.0 Å². The van der Waals surface area contributed by atoms with Crippen LogP contribution in [0.3, 0.4) is 0 Å². The van der Waals surface area contributed by atoms with Gasteiger partial charge in [-0.2, -0.15) is 0 Å². The van der Waals surface area contributed by atoms with E-state index in [1.54, 1.807) is 0 Å². The molecule has 2 saturated heterocycles. The number of hydrogen-bond donors (Lipinski definition) is 1. The van der Waals surface area contributed by atoms with E-state index in [-0.39, 0.29) is 5.57 Å². The minimum Gasteiger partial charge on any atom is -0.419 e. The monoisotopic (exact) mass is 346 g/mol. The van der Waals surface area contributed by atoms with Crippen molar-refractivity contribution in [2.75, 3.05) is 31.6 Å². The summed E-state index contributed by atoms with van der Waals surface area (Å²) in [6.07, 6.45) is 1.35. The summed E-state index contributed by atoms with van der Waals surface area (Å²) in [6, 6.07) is 7.76. The Bertz CT molecular complexity index is 670. The fourth-order valence-corrected chi connectivity index (χ4v) is 2.73. The zero-order valence-corrected chi connectivity index (χ0v) is 14.4. The Balaban J connectivity index is 1.72. The van der Waals surface area contributed by atoms with Crippen LogP contribution in [0.25, 0.3) is 0 Å². The number of carbonyl (C=O) groups is 2. The van der Waals surface area contributed by atoms with Crippen molar-refractivity contribution >= 4 is 17.6 Å². The number of esters is 2. The number of benzene rings is 1. The van der Waals surface area contributed by atoms with Crippen molar-refractivity contribution in [2.24, 2.45) is 0 Å². The van der Waals surface area contributed by atoms with E-state index in [0.717, 1.165) is 44.1 Å². The molecular formula is C18H22N2O5. The third-order valence-electron chi connectivity index (χ3n) is 4.00. The van der Waals surface area contributed by atoms with Gasteiger partial charge in [-0.1, -0.05) is 18.2 Å². The van der Waals surface area contributed by atoms with Crippen LogP contribution in [0.1, 0.15) is 19.4 Å².